The highest BCUT2D eigenvalue weighted by molar-refractivity contribution is 7.90. The molecule has 3 aliphatic rings. The van der Waals surface area contributed by atoms with E-state index in [4.69, 9.17) is 4.74 Å². The average molecular weight is 321 g/mol. The van der Waals surface area contributed by atoms with Gasteiger partial charge in [0.05, 0.1) is 11.5 Å². The van der Waals surface area contributed by atoms with Crippen molar-refractivity contribution in [3.05, 3.63) is 23.8 Å². The second kappa shape index (κ2) is 4.98. The van der Waals surface area contributed by atoms with E-state index in [0.29, 0.717) is 24.9 Å². The molecule has 6 heteroatoms. The first-order valence-corrected chi connectivity index (χ1v) is 9.35. The van der Waals surface area contributed by atoms with Gasteiger partial charge in [-0.25, -0.2) is 13.1 Å². The third-order valence-electron chi connectivity index (χ3n) is 5.14. The molecule has 0 bridgehead atoms. The van der Waals surface area contributed by atoms with Crippen LogP contribution in [0.4, 0.5) is 0 Å². The Morgan fingerprint density at radius 3 is 2.82 bits per heavy atom. The van der Waals surface area contributed by atoms with Crippen LogP contribution < -0.4 is 9.46 Å². The monoisotopic (exact) mass is 321 g/mol. The van der Waals surface area contributed by atoms with Crippen molar-refractivity contribution in [1.82, 2.24) is 4.72 Å². The third kappa shape index (κ3) is 2.39. The lowest BCUT2D eigenvalue weighted by Gasteiger charge is -2.25. The molecule has 1 amide bonds. The number of ether oxygens (including phenoxy) is 1. The number of fused-ring (bicyclic) bond motifs is 1. The SMILES string of the molecule is O=C(NS(=O)(=O)c1ccc2c(c1)CCO2)[C@@H]1C[C@H]1C1CCC1. The molecule has 2 aliphatic carbocycles. The van der Waals surface area contributed by atoms with Gasteiger partial charge in [0, 0.05) is 12.3 Å². The highest BCUT2D eigenvalue weighted by Gasteiger charge is 2.49. The number of sulfonamides is 1. The predicted molar refractivity (Wildman–Crippen MR) is 79.9 cm³/mol. The summed E-state index contributed by atoms with van der Waals surface area (Å²) in [5, 5.41) is 0. The molecule has 2 fully saturated rings. The molecule has 22 heavy (non-hydrogen) atoms. The number of amides is 1. The average Bonchev–Trinajstić information content (AvgIpc) is 3.04. The van der Waals surface area contributed by atoms with Crippen LogP contribution in [-0.4, -0.2) is 20.9 Å². The summed E-state index contributed by atoms with van der Waals surface area (Å²) < 4.78 is 32.3. The van der Waals surface area contributed by atoms with E-state index in [1.165, 1.54) is 25.3 Å². The van der Waals surface area contributed by atoms with Gasteiger partial charge in [-0.3, -0.25) is 4.79 Å². The van der Waals surface area contributed by atoms with Gasteiger partial charge < -0.3 is 4.74 Å². The number of benzene rings is 1. The molecule has 1 aromatic rings. The Morgan fingerprint density at radius 2 is 2.09 bits per heavy atom. The highest BCUT2D eigenvalue weighted by Crippen LogP contribution is 2.51. The van der Waals surface area contributed by atoms with Crippen molar-refractivity contribution in [3.8, 4) is 5.75 Å². The molecule has 0 spiro atoms. The van der Waals surface area contributed by atoms with Gasteiger partial charge in [0.15, 0.2) is 0 Å². The van der Waals surface area contributed by atoms with Gasteiger partial charge in [0.2, 0.25) is 5.91 Å². The van der Waals surface area contributed by atoms with Crippen LogP contribution in [-0.2, 0) is 21.2 Å². The zero-order valence-electron chi connectivity index (χ0n) is 12.2. The number of hydrogen-bond donors (Lipinski definition) is 1. The lowest BCUT2D eigenvalue weighted by atomic mass is 9.81. The molecular weight excluding hydrogens is 302 g/mol. The zero-order chi connectivity index (χ0) is 15.3. The summed E-state index contributed by atoms with van der Waals surface area (Å²) in [5.41, 5.74) is 0.883. The van der Waals surface area contributed by atoms with Gasteiger partial charge in [0.1, 0.15) is 5.75 Å². The van der Waals surface area contributed by atoms with Crippen molar-refractivity contribution in [2.45, 2.75) is 37.0 Å². The van der Waals surface area contributed by atoms with Crippen molar-refractivity contribution in [2.75, 3.05) is 6.61 Å². The molecule has 0 radical (unpaired) electrons. The summed E-state index contributed by atoms with van der Waals surface area (Å²) >= 11 is 0. The van der Waals surface area contributed by atoms with E-state index in [1.807, 2.05) is 0 Å². The summed E-state index contributed by atoms with van der Waals surface area (Å²) in [6, 6.07) is 4.76. The van der Waals surface area contributed by atoms with Gasteiger partial charge in [-0.1, -0.05) is 19.3 Å². The molecule has 2 saturated carbocycles. The maximum atomic E-state index is 12.4. The van der Waals surface area contributed by atoms with Crippen molar-refractivity contribution in [1.29, 1.82) is 0 Å². The molecule has 0 aromatic heterocycles. The summed E-state index contributed by atoms with van der Waals surface area (Å²) in [7, 11) is -3.78. The number of carbonyl (C=O) groups is 1. The highest BCUT2D eigenvalue weighted by atomic mass is 32.2. The van der Waals surface area contributed by atoms with E-state index < -0.39 is 10.0 Å². The Kier molecular flexibility index (Phi) is 3.18. The molecule has 1 N–H and O–H groups in total. The van der Waals surface area contributed by atoms with Crippen molar-refractivity contribution in [2.24, 2.45) is 17.8 Å². The second-order valence-electron chi connectivity index (χ2n) is 6.53. The van der Waals surface area contributed by atoms with E-state index in [0.717, 1.165) is 17.7 Å². The summed E-state index contributed by atoms with van der Waals surface area (Å²) in [6.45, 7) is 0.580. The van der Waals surface area contributed by atoms with Crippen LogP contribution in [0.5, 0.6) is 5.75 Å². The Morgan fingerprint density at radius 1 is 1.27 bits per heavy atom. The Bertz CT molecular complexity index is 724. The van der Waals surface area contributed by atoms with Gasteiger partial charge in [-0.05, 0) is 42.0 Å². The second-order valence-corrected chi connectivity index (χ2v) is 8.22. The molecule has 118 valence electrons. The number of hydrogen-bond acceptors (Lipinski definition) is 4. The van der Waals surface area contributed by atoms with Gasteiger partial charge in [-0.2, -0.15) is 0 Å². The lowest BCUT2D eigenvalue weighted by Crippen LogP contribution is -2.33. The van der Waals surface area contributed by atoms with Crippen LogP contribution in [0.25, 0.3) is 0 Å². The van der Waals surface area contributed by atoms with Gasteiger partial charge >= 0.3 is 0 Å². The van der Waals surface area contributed by atoms with Crippen LogP contribution in [0.15, 0.2) is 23.1 Å². The van der Waals surface area contributed by atoms with Crippen molar-refractivity contribution < 1.29 is 17.9 Å². The summed E-state index contributed by atoms with van der Waals surface area (Å²) in [4.78, 5) is 12.3. The fourth-order valence-electron chi connectivity index (χ4n) is 3.50. The minimum absolute atomic E-state index is 0.113. The standard InChI is InChI=1S/C16H19NO4S/c18-16(14-9-13(14)10-2-1-3-10)17-22(19,20)12-4-5-15-11(8-12)6-7-21-15/h4-5,8,10,13-14H,1-3,6-7,9H2,(H,17,18)/t13-,14+/m0/s1. The maximum absolute atomic E-state index is 12.4. The fraction of sp³-hybridized carbons (Fsp3) is 0.562. The molecule has 1 aliphatic heterocycles. The van der Waals surface area contributed by atoms with E-state index in [1.54, 1.807) is 12.1 Å². The Labute approximate surface area is 130 Å². The molecule has 0 saturated heterocycles. The van der Waals surface area contributed by atoms with Gasteiger partial charge in [-0.15, -0.1) is 0 Å². The maximum Gasteiger partial charge on any atom is 0.264 e. The van der Waals surface area contributed by atoms with E-state index >= 15 is 0 Å². The minimum atomic E-state index is -3.78. The molecule has 5 nitrogen and oxygen atoms in total. The Hall–Kier alpha value is -1.56. The van der Waals surface area contributed by atoms with E-state index in [9.17, 15) is 13.2 Å². The smallest absolute Gasteiger partial charge is 0.264 e. The number of carbonyl (C=O) groups excluding carboxylic acids is 1. The first-order valence-electron chi connectivity index (χ1n) is 7.87. The Balaban J connectivity index is 1.46. The molecule has 0 unspecified atom stereocenters. The molecule has 1 heterocycles. The zero-order valence-corrected chi connectivity index (χ0v) is 13.1. The molecule has 4 rings (SSSR count). The normalized spacial score (nSPS) is 26.7. The third-order valence-corrected chi connectivity index (χ3v) is 6.48. The lowest BCUT2D eigenvalue weighted by molar-refractivity contribution is -0.121. The van der Waals surface area contributed by atoms with E-state index in [-0.39, 0.29) is 16.7 Å². The molecule has 2 atom stereocenters. The first-order chi connectivity index (χ1) is 10.5. The quantitative estimate of drug-likeness (QED) is 0.919. The summed E-state index contributed by atoms with van der Waals surface area (Å²) in [5.74, 6) is 1.32. The molecule has 1 aromatic carbocycles. The number of rotatable bonds is 4. The van der Waals surface area contributed by atoms with Crippen LogP contribution in [0.3, 0.4) is 0 Å². The van der Waals surface area contributed by atoms with E-state index in [2.05, 4.69) is 4.72 Å². The summed E-state index contributed by atoms with van der Waals surface area (Å²) in [6.07, 6.45) is 5.16. The van der Waals surface area contributed by atoms with Crippen LogP contribution in [0.2, 0.25) is 0 Å². The number of nitrogens with one attached hydrogen (secondary N) is 1. The minimum Gasteiger partial charge on any atom is -0.493 e. The topological polar surface area (TPSA) is 72.5 Å². The van der Waals surface area contributed by atoms with Gasteiger partial charge in [0.25, 0.3) is 10.0 Å². The fourth-order valence-corrected chi connectivity index (χ4v) is 4.58. The van der Waals surface area contributed by atoms with Crippen LogP contribution in [0.1, 0.15) is 31.2 Å². The predicted octanol–water partition coefficient (Wildman–Crippen LogP) is 1.86. The largest absolute Gasteiger partial charge is 0.493 e. The van der Waals surface area contributed by atoms with Crippen LogP contribution >= 0.6 is 0 Å². The first kappa shape index (κ1) is 14.1. The van der Waals surface area contributed by atoms with Crippen molar-refractivity contribution in [3.63, 3.8) is 0 Å². The van der Waals surface area contributed by atoms with Crippen molar-refractivity contribution >= 4 is 15.9 Å². The van der Waals surface area contributed by atoms with Crippen LogP contribution in [0, 0.1) is 17.8 Å². The molecular formula is C16H19NO4S.